The molecule has 1 aliphatic rings. The molecule has 4 heteroatoms. The molecule has 0 aromatic heterocycles. The molecular formula is C15H19F2NO. The van der Waals surface area contributed by atoms with Gasteiger partial charge in [0.1, 0.15) is 17.4 Å². The number of benzene rings is 1. The van der Waals surface area contributed by atoms with Gasteiger partial charge >= 0.3 is 0 Å². The lowest BCUT2D eigenvalue weighted by atomic mass is 9.70. The maximum Gasteiger partial charge on any atom is 0.144 e. The Bertz CT molecular complexity index is 447. The number of ketones is 1. The van der Waals surface area contributed by atoms with Crippen LogP contribution >= 0.6 is 0 Å². The first-order valence-corrected chi connectivity index (χ1v) is 6.74. The molecule has 0 unspecified atom stereocenters. The first-order valence-electron chi connectivity index (χ1n) is 6.74. The summed E-state index contributed by atoms with van der Waals surface area (Å²) in [6.45, 7) is 0.323. The SMILES string of the molecule is NCC1(C(=O)Cc2cc(F)cc(F)c2)CCCCC1. The smallest absolute Gasteiger partial charge is 0.144 e. The summed E-state index contributed by atoms with van der Waals surface area (Å²) in [4.78, 5) is 12.4. The number of carbonyl (C=O) groups is 1. The maximum atomic E-state index is 13.1. The average molecular weight is 267 g/mol. The lowest BCUT2D eigenvalue weighted by Gasteiger charge is -2.34. The molecule has 0 heterocycles. The molecule has 0 saturated heterocycles. The van der Waals surface area contributed by atoms with Crippen LogP contribution in [-0.2, 0) is 11.2 Å². The fourth-order valence-corrected chi connectivity index (χ4v) is 2.91. The van der Waals surface area contributed by atoms with Crippen molar-refractivity contribution in [3.05, 3.63) is 35.4 Å². The van der Waals surface area contributed by atoms with Crippen molar-refractivity contribution < 1.29 is 13.6 Å². The Labute approximate surface area is 112 Å². The van der Waals surface area contributed by atoms with Gasteiger partial charge in [0.25, 0.3) is 0 Å². The average Bonchev–Trinajstić information content (AvgIpc) is 2.38. The lowest BCUT2D eigenvalue weighted by molar-refractivity contribution is -0.129. The van der Waals surface area contributed by atoms with Crippen LogP contribution in [0.4, 0.5) is 8.78 Å². The van der Waals surface area contributed by atoms with Crippen molar-refractivity contribution in [2.24, 2.45) is 11.1 Å². The Morgan fingerprint density at radius 1 is 1.11 bits per heavy atom. The molecule has 1 saturated carbocycles. The van der Waals surface area contributed by atoms with E-state index in [2.05, 4.69) is 0 Å². The molecule has 2 nitrogen and oxygen atoms in total. The second-order valence-electron chi connectivity index (χ2n) is 5.42. The van der Waals surface area contributed by atoms with E-state index >= 15 is 0 Å². The summed E-state index contributed by atoms with van der Waals surface area (Å²) in [5.74, 6) is -1.28. The van der Waals surface area contributed by atoms with Gasteiger partial charge in [-0.05, 0) is 30.5 Å². The molecule has 2 rings (SSSR count). The number of halogens is 2. The van der Waals surface area contributed by atoms with Crippen molar-refractivity contribution in [3.63, 3.8) is 0 Å². The highest BCUT2D eigenvalue weighted by molar-refractivity contribution is 5.87. The Kier molecular flexibility index (Phi) is 4.30. The number of nitrogens with two attached hydrogens (primary N) is 1. The molecule has 1 aromatic carbocycles. The second-order valence-corrected chi connectivity index (χ2v) is 5.42. The number of hydrogen-bond acceptors (Lipinski definition) is 2. The van der Waals surface area contributed by atoms with Gasteiger partial charge in [0, 0.05) is 24.4 Å². The summed E-state index contributed by atoms with van der Waals surface area (Å²) in [6, 6.07) is 3.25. The molecule has 0 atom stereocenters. The Morgan fingerprint density at radius 2 is 1.68 bits per heavy atom. The van der Waals surface area contributed by atoms with Gasteiger partial charge in [-0.1, -0.05) is 19.3 Å². The summed E-state index contributed by atoms with van der Waals surface area (Å²) < 4.78 is 26.2. The molecule has 2 N–H and O–H groups in total. The Morgan fingerprint density at radius 3 is 2.21 bits per heavy atom. The molecule has 104 valence electrons. The molecule has 0 spiro atoms. The number of rotatable bonds is 4. The molecule has 1 aliphatic carbocycles. The third kappa shape index (κ3) is 3.18. The van der Waals surface area contributed by atoms with E-state index in [0.717, 1.165) is 38.2 Å². The summed E-state index contributed by atoms with van der Waals surface area (Å²) in [6.07, 6.45) is 4.77. The van der Waals surface area contributed by atoms with Crippen molar-refractivity contribution in [2.45, 2.75) is 38.5 Å². The van der Waals surface area contributed by atoms with Crippen LogP contribution in [0.25, 0.3) is 0 Å². The van der Waals surface area contributed by atoms with Crippen molar-refractivity contribution in [1.29, 1.82) is 0 Å². The molecule has 0 radical (unpaired) electrons. The van der Waals surface area contributed by atoms with Crippen LogP contribution in [0.3, 0.4) is 0 Å². The maximum absolute atomic E-state index is 13.1. The lowest BCUT2D eigenvalue weighted by Crippen LogP contribution is -2.41. The number of Topliss-reactive ketones (excluding diaryl/α,β-unsaturated/α-hetero) is 1. The van der Waals surface area contributed by atoms with E-state index in [0.29, 0.717) is 12.1 Å². The molecule has 1 aromatic rings. The normalized spacial score (nSPS) is 18.3. The molecule has 0 aliphatic heterocycles. The van der Waals surface area contributed by atoms with Crippen LogP contribution < -0.4 is 5.73 Å². The summed E-state index contributed by atoms with van der Waals surface area (Å²) >= 11 is 0. The summed E-state index contributed by atoms with van der Waals surface area (Å²) in [7, 11) is 0. The van der Waals surface area contributed by atoms with Crippen LogP contribution in [0.15, 0.2) is 18.2 Å². The van der Waals surface area contributed by atoms with Crippen LogP contribution in [-0.4, -0.2) is 12.3 Å². The van der Waals surface area contributed by atoms with Crippen molar-refractivity contribution in [3.8, 4) is 0 Å². The number of carbonyl (C=O) groups excluding carboxylic acids is 1. The van der Waals surface area contributed by atoms with E-state index in [9.17, 15) is 13.6 Å². The molecule has 19 heavy (non-hydrogen) atoms. The quantitative estimate of drug-likeness (QED) is 0.911. The largest absolute Gasteiger partial charge is 0.329 e. The van der Waals surface area contributed by atoms with Crippen molar-refractivity contribution in [1.82, 2.24) is 0 Å². The number of hydrogen-bond donors (Lipinski definition) is 1. The predicted molar refractivity (Wildman–Crippen MR) is 69.6 cm³/mol. The first-order chi connectivity index (χ1) is 9.05. The van der Waals surface area contributed by atoms with E-state index in [1.165, 1.54) is 12.1 Å². The fraction of sp³-hybridized carbons (Fsp3) is 0.533. The van der Waals surface area contributed by atoms with Gasteiger partial charge in [-0.3, -0.25) is 4.79 Å². The zero-order valence-corrected chi connectivity index (χ0v) is 10.9. The van der Waals surface area contributed by atoms with Crippen LogP contribution in [0, 0.1) is 17.0 Å². The standard InChI is InChI=1S/C15H19F2NO/c16-12-6-11(7-13(17)9-12)8-14(19)15(10-18)4-2-1-3-5-15/h6-7,9H,1-5,8,10,18H2. The minimum Gasteiger partial charge on any atom is -0.329 e. The van der Waals surface area contributed by atoms with Crippen molar-refractivity contribution >= 4 is 5.78 Å². The van der Waals surface area contributed by atoms with Crippen molar-refractivity contribution in [2.75, 3.05) is 6.54 Å². The summed E-state index contributed by atoms with van der Waals surface area (Å²) in [5, 5.41) is 0. The van der Waals surface area contributed by atoms with Gasteiger partial charge in [-0.25, -0.2) is 8.78 Å². The van der Waals surface area contributed by atoms with Gasteiger partial charge < -0.3 is 5.73 Å². The highest BCUT2D eigenvalue weighted by atomic mass is 19.1. The zero-order chi connectivity index (χ0) is 13.9. The topological polar surface area (TPSA) is 43.1 Å². The third-order valence-corrected chi connectivity index (χ3v) is 4.08. The van der Waals surface area contributed by atoms with E-state index in [4.69, 9.17) is 5.73 Å². The minimum atomic E-state index is -0.645. The molecular weight excluding hydrogens is 248 g/mol. The van der Waals surface area contributed by atoms with Crippen LogP contribution in [0.2, 0.25) is 0 Å². The van der Waals surface area contributed by atoms with Gasteiger partial charge in [0.2, 0.25) is 0 Å². The van der Waals surface area contributed by atoms with E-state index in [-0.39, 0.29) is 12.2 Å². The van der Waals surface area contributed by atoms with Crippen LogP contribution in [0.1, 0.15) is 37.7 Å². The zero-order valence-electron chi connectivity index (χ0n) is 10.9. The second kappa shape index (κ2) is 5.78. The third-order valence-electron chi connectivity index (χ3n) is 4.08. The molecule has 1 fully saturated rings. The van der Waals surface area contributed by atoms with Gasteiger partial charge in [0.15, 0.2) is 0 Å². The predicted octanol–water partition coefficient (Wildman–Crippen LogP) is 2.99. The monoisotopic (exact) mass is 267 g/mol. The van der Waals surface area contributed by atoms with E-state index in [1.54, 1.807) is 0 Å². The molecule has 0 amide bonds. The van der Waals surface area contributed by atoms with Crippen LogP contribution in [0.5, 0.6) is 0 Å². The van der Waals surface area contributed by atoms with Gasteiger partial charge in [-0.15, -0.1) is 0 Å². The summed E-state index contributed by atoms with van der Waals surface area (Å²) in [5.41, 5.74) is 5.69. The highest BCUT2D eigenvalue weighted by Crippen LogP contribution is 2.37. The fourth-order valence-electron chi connectivity index (χ4n) is 2.91. The molecule has 0 bridgehead atoms. The highest BCUT2D eigenvalue weighted by Gasteiger charge is 2.37. The Balaban J connectivity index is 2.14. The minimum absolute atomic E-state index is 0.0136. The first kappa shape index (κ1) is 14.1. The van der Waals surface area contributed by atoms with Gasteiger partial charge in [-0.2, -0.15) is 0 Å². The van der Waals surface area contributed by atoms with E-state index in [1.807, 2.05) is 0 Å². The van der Waals surface area contributed by atoms with E-state index < -0.39 is 17.0 Å². The van der Waals surface area contributed by atoms with Gasteiger partial charge in [0.05, 0.1) is 0 Å². The Hall–Kier alpha value is -1.29.